The van der Waals surface area contributed by atoms with Crippen LogP contribution in [0.1, 0.15) is 36.7 Å². The number of nitrogens with one attached hydrogen (secondary N) is 1. The van der Waals surface area contributed by atoms with Crippen LogP contribution in [0.25, 0.3) is 5.69 Å². The molecule has 2 aliphatic heterocycles. The average molecular weight is 353 g/mol. The molecule has 0 aliphatic carbocycles. The number of hydrogen-bond donors (Lipinski definition) is 1. The second-order valence-electron chi connectivity index (χ2n) is 7.13. The van der Waals surface area contributed by atoms with Crippen LogP contribution in [0.3, 0.4) is 0 Å². The van der Waals surface area contributed by atoms with E-state index in [0.717, 1.165) is 25.9 Å². The molecule has 1 spiro atoms. The molecule has 0 radical (unpaired) electrons. The molecule has 2 aliphatic rings. The maximum Gasteiger partial charge on any atom is 0.271 e. The van der Waals surface area contributed by atoms with E-state index in [2.05, 4.69) is 18.1 Å². The molecule has 1 aromatic heterocycles. The van der Waals surface area contributed by atoms with Crippen molar-refractivity contribution in [2.75, 3.05) is 19.7 Å². The highest BCUT2D eigenvalue weighted by Gasteiger charge is 2.37. The Hall–Kier alpha value is -2.60. The highest BCUT2D eigenvalue weighted by molar-refractivity contribution is 5.92. The topological polar surface area (TPSA) is 67.3 Å². The molecule has 136 valence electrons. The predicted molar refractivity (Wildman–Crippen MR) is 98.6 cm³/mol. The minimum absolute atomic E-state index is 0.136. The number of nitrogens with zero attached hydrogens (tertiary/aromatic N) is 2. The normalized spacial score (nSPS) is 19.4. The Kier molecular flexibility index (Phi) is 4.28. The number of para-hydroxylation sites is 1. The van der Waals surface area contributed by atoms with Gasteiger partial charge in [0.1, 0.15) is 5.69 Å². The molecular formula is C20H23N3O3. The lowest BCUT2D eigenvalue weighted by Gasteiger charge is -2.42. The van der Waals surface area contributed by atoms with Crippen molar-refractivity contribution in [2.45, 2.75) is 31.8 Å². The summed E-state index contributed by atoms with van der Waals surface area (Å²) in [6.07, 6.45) is 4.80. The summed E-state index contributed by atoms with van der Waals surface area (Å²) in [4.78, 5) is 26.9. The zero-order valence-corrected chi connectivity index (χ0v) is 14.9. The lowest BCUT2D eigenvalue weighted by atomic mass is 9.87. The Morgan fingerprint density at radius 3 is 2.62 bits per heavy atom. The summed E-state index contributed by atoms with van der Waals surface area (Å²) in [5, 5.41) is 2.94. The molecule has 0 bridgehead atoms. The maximum atomic E-state index is 12.8. The number of H-pyrrole nitrogens is 1. The summed E-state index contributed by atoms with van der Waals surface area (Å²) in [6.45, 7) is 4.14. The van der Waals surface area contributed by atoms with Gasteiger partial charge in [-0.25, -0.2) is 4.68 Å². The van der Waals surface area contributed by atoms with Gasteiger partial charge in [-0.2, -0.15) is 0 Å². The molecule has 6 heteroatoms. The number of likely N-dealkylation sites (tertiary alicyclic amines) is 1. The van der Waals surface area contributed by atoms with Gasteiger partial charge in [-0.05, 0) is 38.3 Å². The van der Waals surface area contributed by atoms with E-state index in [1.165, 1.54) is 16.3 Å². The highest BCUT2D eigenvalue weighted by atomic mass is 16.5. The Morgan fingerprint density at radius 1 is 1.19 bits per heavy atom. The first-order valence-electron chi connectivity index (χ1n) is 9.05. The Balaban J connectivity index is 1.50. The summed E-state index contributed by atoms with van der Waals surface area (Å²) >= 11 is 0. The molecule has 1 fully saturated rings. The molecule has 6 nitrogen and oxygen atoms in total. The Bertz CT molecular complexity index is 887. The van der Waals surface area contributed by atoms with Gasteiger partial charge in [0.2, 0.25) is 0 Å². The summed E-state index contributed by atoms with van der Waals surface area (Å²) in [7, 11) is 0. The predicted octanol–water partition coefficient (Wildman–Crippen LogP) is 2.51. The van der Waals surface area contributed by atoms with Crippen molar-refractivity contribution < 1.29 is 9.53 Å². The standard InChI is InChI=1S/C20H23N3O3/c1-15-7-12-26-20(14-15)8-10-22(11-9-20)19(25)17-13-18(24)23(21-17)16-5-3-2-4-6-16/h2-6,13-14,21H,7-12H2,1H3. The number of ether oxygens (including phenoxy) is 1. The van der Waals surface area contributed by atoms with Crippen molar-refractivity contribution in [1.82, 2.24) is 14.7 Å². The molecule has 1 N–H and O–H groups in total. The van der Waals surface area contributed by atoms with E-state index in [1.807, 2.05) is 30.3 Å². The number of benzene rings is 1. The van der Waals surface area contributed by atoms with E-state index < -0.39 is 0 Å². The molecule has 0 saturated carbocycles. The fourth-order valence-corrected chi connectivity index (χ4v) is 3.80. The van der Waals surface area contributed by atoms with Gasteiger partial charge in [0.15, 0.2) is 0 Å². The summed E-state index contributed by atoms with van der Waals surface area (Å²) in [6, 6.07) is 10.6. The van der Waals surface area contributed by atoms with Gasteiger partial charge < -0.3 is 9.64 Å². The molecule has 4 rings (SSSR count). The van der Waals surface area contributed by atoms with Gasteiger partial charge in [-0.15, -0.1) is 0 Å². The van der Waals surface area contributed by atoms with Gasteiger partial charge in [0.05, 0.1) is 17.9 Å². The van der Waals surface area contributed by atoms with E-state index >= 15 is 0 Å². The van der Waals surface area contributed by atoms with Crippen LogP contribution in [0.4, 0.5) is 0 Å². The maximum absolute atomic E-state index is 12.8. The summed E-state index contributed by atoms with van der Waals surface area (Å²) in [5.41, 5.74) is 1.95. The SMILES string of the molecule is CC1=CC2(CCN(C(=O)c3cc(=O)n(-c4ccccc4)[nH]3)CC2)OCC1. The Labute approximate surface area is 152 Å². The fraction of sp³-hybridized carbons (Fsp3) is 0.400. The van der Waals surface area contributed by atoms with E-state index in [1.54, 1.807) is 4.90 Å². The molecule has 0 unspecified atom stereocenters. The van der Waals surface area contributed by atoms with Crippen LogP contribution in [0.5, 0.6) is 0 Å². The van der Waals surface area contributed by atoms with Crippen LogP contribution >= 0.6 is 0 Å². The first-order chi connectivity index (χ1) is 12.6. The number of carbonyl (C=O) groups excluding carboxylic acids is 1. The zero-order chi connectivity index (χ0) is 18.1. The van der Waals surface area contributed by atoms with Gasteiger partial charge >= 0.3 is 0 Å². The Morgan fingerprint density at radius 2 is 1.92 bits per heavy atom. The third-order valence-electron chi connectivity index (χ3n) is 5.26. The second-order valence-corrected chi connectivity index (χ2v) is 7.13. The number of amides is 1. The first kappa shape index (κ1) is 16.8. The number of carbonyl (C=O) groups is 1. The van der Waals surface area contributed by atoms with Crippen molar-refractivity contribution in [3.8, 4) is 5.69 Å². The summed E-state index contributed by atoms with van der Waals surface area (Å²) in [5.74, 6) is -0.136. The third-order valence-corrected chi connectivity index (χ3v) is 5.26. The van der Waals surface area contributed by atoms with Gasteiger partial charge in [-0.3, -0.25) is 14.7 Å². The molecule has 1 amide bonds. The number of piperidine rings is 1. The number of hydrogen-bond acceptors (Lipinski definition) is 3. The molecule has 3 heterocycles. The molecule has 0 atom stereocenters. The number of aromatic amines is 1. The molecule has 1 saturated heterocycles. The monoisotopic (exact) mass is 353 g/mol. The van der Waals surface area contributed by atoms with Crippen LogP contribution in [0.15, 0.2) is 52.8 Å². The minimum Gasteiger partial charge on any atom is -0.370 e. The fourth-order valence-electron chi connectivity index (χ4n) is 3.80. The largest absolute Gasteiger partial charge is 0.370 e. The van der Waals surface area contributed by atoms with Gasteiger partial charge in [-0.1, -0.05) is 29.8 Å². The van der Waals surface area contributed by atoms with E-state index in [-0.39, 0.29) is 17.1 Å². The third kappa shape index (κ3) is 3.12. The highest BCUT2D eigenvalue weighted by Crippen LogP contribution is 2.33. The molecular weight excluding hydrogens is 330 g/mol. The number of aromatic nitrogens is 2. The van der Waals surface area contributed by atoms with Gasteiger partial charge in [0.25, 0.3) is 11.5 Å². The molecule has 26 heavy (non-hydrogen) atoms. The number of rotatable bonds is 2. The lowest BCUT2D eigenvalue weighted by molar-refractivity contribution is -0.0522. The van der Waals surface area contributed by atoms with E-state index in [0.29, 0.717) is 24.5 Å². The van der Waals surface area contributed by atoms with Crippen molar-refractivity contribution in [3.05, 3.63) is 64.1 Å². The lowest BCUT2D eigenvalue weighted by Crippen LogP contribution is -2.48. The second kappa shape index (κ2) is 6.61. The average Bonchev–Trinajstić information content (AvgIpc) is 3.04. The quantitative estimate of drug-likeness (QED) is 0.844. The van der Waals surface area contributed by atoms with Crippen molar-refractivity contribution in [1.29, 1.82) is 0 Å². The van der Waals surface area contributed by atoms with Crippen LogP contribution in [0, 0.1) is 0 Å². The minimum atomic E-state index is -0.234. The first-order valence-corrected chi connectivity index (χ1v) is 9.05. The van der Waals surface area contributed by atoms with Crippen molar-refractivity contribution in [2.24, 2.45) is 0 Å². The van der Waals surface area contributed by atoms with Crippen molar-refractivity contribution >= 4 is 5.91 Å². The smallest absolute Gasteiger partial charge is 0.271 e. The van der Waals surface area contributed by atoms with E-state index in [4.69, 9.17) is 4.74 Å². The summed E-state index contributed by atoms with van der Waals surface area (Å²) < 4.78 is 7.41. The van der Waals surface area contributed by atoms with Crippen LogP contribution in [-0.4, -0.2) is 45.9 Å². The molecule has 2 aromatic rings. The molecule has 1 aromatic carbocycles. The van der Waals surface area contributed by atoms with Crippen LogP contribution in [0.2, 0.25) is 0 Å². The van der Waals surface area contributed by atoms with E-state index in [9.17, 15) is 9.59 Å². The van der Waals surface area contributed by atoms with Crippen LogP contribution in [-0.2, 0) is 4.74 Å². The van der Waals surface area contributed by atoms with Crippen molar-refractivity contribution in [3.63, 3.8) is 0 Å². The van der Waals surface area contributed by atoms with Crippen LogP contribution < -0.4 is 5.56 Å². The zero-order valence-electron chi connectivity index (χ0n) is 14.9. The van der Waals surface area contributed by atoms with Gasteiger partial charge in [0, 0.05) is 19.2 Å².